The van der Waals surface area contributed by atoms with Crippen molar-refractivity contribution in [3.63, 3.8) is 0 Å². The van der Waals surface area contributed by atoms with Crippen LogP contribution in [0.1, 0.15) is 22.3 Å². The first kappa shape index (κ1) is 17.7. The lowest BCUT2D eigenvalue weighted by molar-refractivity contribution is -0.131. The van der Waals surface area contributed by atoms with E-state index in [2.05, 4.69) is 0 Å². The van der Waals surface area contributed by atoms with Gasteiger partial charge in [-0.1, -0.05) is 48.5 Å². The number of carbonyl (C=O) groups excluding carboxylic acids is 3. The van der Waals surface area contributed by atoms with Crippen molar-refractivity contribution in [2.45, 2.75) is 19.1 Å². The van der Waals surface area contributed by atoms with Crippen LogP contribution in [0.15, 0.2) is 60.7 Å². The van der Waals surface area contributed by atoms with Crippen LogP contribution in [0.25, 0.3) is 0 Å². The number of likely N-dealkylation sites (tertiary alicyclic amines) is 1. The maximum Gasteiger partial charge on any atom is 0.410 e. The predicted molar refractivity (Wildman–Crippen MR) is 93.5 cm³/mol. The van der Waals surface area contributed by atoms with Crippen LogP contribution >= 0.6 is 0 Å². The summed E-state index contributed by atoms with van der Waals surface area (Å²) in [4.78, 5) is 37.8. The normalized spacial score (nSPS) is 16.8. The van der Waals surface area contributed by atoms with Crippen LogP contribution in [-0.4, -0.2) is 41.9 Å². The van der Waals surface area contributed by atoms with E-state index in [0.717, 1.165) is 5.56 Å². The second-order valence-corrected chi connectivity index (χ2v) is 5.96. The summed E-state index contributed by atoms with van der Waals surface area (Å²) in [6, 6.07) is 17.8. The second kappa shape index (κ2) is 8.29. The summed E-state index contributed by atoms with van der Waals surface area (Å²) in [5.41, 5.74) is 1.24. The molecule has 0 bridgehead atoms. The van der Waals surface area contributed by atoms with E-state index in [1.165, 1.54) is 4.90 Å². The highest BCUT2D eigenvalue weighted by Crippen LogP contribution is 2.14. The number of esters is 1. The van der Waals surface area contributed by atoms with Gasteiger partial charge in [0.1, 0.15) is 6.61 Å². The summed E-state index contributed by atoms with van der Waals surface area (Å²) in [5.74, 6) is -0.773. The molecule has 1 aliphatic heterocycles. The maximum absolute atomic E-state index is 12.2. The highest BCUT2D eigenvalue weighted by Gasteiger charge is 2.33. The molecule has 3 rings (SSSR count). The Morgan fingerprint density at radius 2 is 1.65 bits per heavy atom. The Morgan fingerprint density at radius 3 is 2.35 bits per heavy atom. The van der Waals surface area contributed by atoms with E-state index in [1.807, 2.05) is 30.3 Å². The van der Waals surface area contributed by atoms with E-state index < -0.39 is 18.2 Å². The fraction of sp³-hybridized carbons (Fsp3) is 0.250. The monoisotopic (exact) mass is 353 g/mol. The molecule has 2 aromatic carbocycles. The predicted octanol–water partition coefficient (Wildman–Crippen LogP) is 2.82. The molecular formula is C20H19NO5. The standard InChI is InChI=1S/C20H19NO5/c22-17-11-12-21(20(24)25-14-15-7-3-1-4-8-15)13-18(17)26-19(23)16-9-5-2-6-10-16/h1-10,18H,11-14H2/t18-/m0/s1. The van der Waals surface area contributed by atoms with Gasteiger partial charge >= 0.3 is 12.1 Å². The number of hydrogen-bond acceptors (Lipinski definition) is 5. The number of carbonyl (C=O) groups is 3. The van der Waals surface area contributed by atoms with Crippen LogP contribution in [0.4, 0.5) is 4.79 Å². The van der Waals surface area contributed by atoms with Crippen LogP contribution in [0.5, 0.6) is 0 Å². The number of hydrogen-bond donors (Lipinski definition) is 0. The Hall–Kier alpha value is -3.15. The van der Waals surface area contributed by atoms with Gasteiger partial charge in [-0.15, -0.1) is 0 Å². The molecule has 0 N–H and O–H groups in total. The van der Waals surface area contributed by atoms with Crippen molar-refractivity contribution in [2.75, 3.05) is 13.1 Å². The zero-order chi connectivity index (χ0) is 18.4. The lowest BCUT2D eigenvalue weighted by Gasteiger charge is -2.30. The maximum atomic E-state index is 12.2. The van der Waals surface area contributed by atoms with Crippen molar-refractivity contribution < 1.29 is 23.9 Å². The lowest BCUT2D eigenvalue weighted by atomic mass is 10.1. The summed E-state index contributed by atoms with van der Waals surface area (Å²) in [7, 11) is 0. The summed E-state index contributed by atoms with van der Waals surface area (Å²) in [6.07, 6.45) is -1.37. The third kappa shape index (κ3) is 4.47. The Kier molecular flexibility index (Phi) is 5.63. The van der Waals surface area contributed by atoms with E-state index >= 15 is 0 Å². The van der Waals surface area contributed by atoms with Crippen molar-refractivity contribution in [3.8, 4) is 0 Å². The fourth-order valence-corrected chi connectivity index (χ4v) is 2.65. The summed E-state index contributed by atoms with van der Waals surface area (Å²) in [6.45, 7) is 0.412. The molecular weight excluding hydrogens is 334 g/mol. The number of nitrogens with zero attached hydrogens (tertiary/aromatic N) is 1. The molecule has 1 aliphatic rings. The Morgan fingerprint density at radius 1 is 1.00 bits per heavy atom. The zero-order valence-corrected chi connectivity index (χ0v) is 14.2. The first-order chi connectivity index (χ1) is 12.6. The Bertz CT molecular complexity index is 775. The number of Topliss-reactive ketones (excluding diaryl/α,β-unsaturated/α-hetero) is 1. The highest BCUT2D eigenvalue weighted by molar-refractivity contribution is 5.93. The number of amides is 1. The lowest BCUT2D eigenvalue weighted by Crippen LogP contribution is -2.48. The quantitative estimate of drug-likeness (QED) is 0.790. The first-order valence-electron chi connectivity index (χ1n) is 8.38. The van der Waals surface area contributed by atoms with Gasteiger partial charge in [0.05, 0.1) is 12.1 Å². The van der Waals surface area contributed by atoms with E-state index in [-0.39, 0.29) is 31.9 Å². The number of rotatable bonds is 4. The molecule has 6 heteroatoms. The Labute approximate surface area is 151 Å². The van der Waals surface area contributed by atoms with Crippen LogP contribution in [0.3, 0.4) is 0 Å². The molecule has 0 aliphatic carbocycles. The van der Waals surface area contributed by atoms with Gasteiger partial charge in [0.15, 0.2) is 11.9 Å². The Balaban J connectivity index is 1.56. The summed E-state index contributed by atoms with van der Waals surface area (Å²) < 4.78 is 10.6. The molecule has 1 saturated heterocycles. The molecule has 1 atom stereocenters. The third-order valence-electron chi connectivity index (χ3n) is 4.10. The SMILES string of the molecule is O=C(O[C@H]1CN(C(=O)OCc2ccccc2)CCC1=O)c1ccccc1. The first-order valence-corrected chi connectivity index (χ1v) is 8.38. The average molecular weight is 353 g/mol. The topological polar surface area (TPSA) is 72.9 Å². The van der Waals surface area contributed by atoms with Crippen molar-refractivity contribution in [2.24, 2.45) is 0 Å². The number of ketones is 1. The molecule has 0 saturated carbocycles. The highest BCUT2D eigenvalue weighted by atomic mass is 16.6. The number of ether oxygens (including phenoxy) is 2. The molecule has 0 unspecified atom stereocenters. The van der Waals surface area contributed by atoms with Crippen LogP contribution in [0.2, 0.25) is 0 Å². The molecule has 1 heterocycles. The number of benzene rings is 2. The van der Waals surface area contributed by atoms with E-state index in [0.29, 0.717) is 5.56 Å². The molecule has 134 valence electrons. The van der Waals surface area contributed by atoms with Gasteiger partial charge in [-0.2, -0.15) is 0 Å². The summed E-state index contributed by atoms with van der Waals surface area (Å²) >= 11 is 0. The molecule has 0 spiro atoms. The molecule has 26 heavy (non-hydrogen) atoms. The van der Waals surface area contributed by atoms with Gasteiger partial charge in [0.2, 0.25) is 0 Å². The minimum atomic E-state index is -0.972. The molecule has 0 radical (unpaired) electrons. The van der Waals surface area contributed by atoms with Crippen molar-refractivity contribution in [3.05, 3.63) is 71.8 Å². The molecule has 0 aromatic heterocycles. The van der Waals surface area contributed by atoms with Crippen molar-refractivity contribution >= 4 is 17.8 Å². The second-order valence-electron chi connectivity index (χ2n) is 5.96. The zero-order valence-electron chi connectivity index (χ0n) is 14.2. The van der Waals surface area contributed by atoms with Gasteiger partial charge in [-0.05, 0) is 17.7 Å². The van der Waals surface area contributed by atoms with E-state index in [4.69, 9.17) is 9.47 Å². The summed E-state index contributed by atoms with van der Waals surface area (Å²) in [5, 5.41) is 0. The van der Waals surface area contributed by atoms with Gasteiger partial charge in [0.25, 0.3) is 0 Å². The van der Waals surface area contributed by atoms with E-state index in [9.17, 15) is 14.4 Å². The van der Waals surface area contributed by atoms with Crippen LogP contribution in [0, 0.1) is 0 Å². The van der Waals surface area contributed by atoms with Gasteiger partial charge in [-0.25, -0.2) is 9.59 Å². The van der Waals surface area contributed by atoms with Crippen LogP contribution in [-0.2, 0) is 20.9 Å². The van der Waals surface area contributed by atoms with Gasteiger partial charge in [0, 0.05) is 13.0 Å². The van der Waals surface area contributed by atoms with E-state index in [1.54, 1.807) is 30.3 Å². The van der Waals surface area contributed by atoms with Crippen molar-refractivity contribution in [1.29, 1.82) is 0 Å². The van der Waals surface area contributed by atoms with Crippen molar-refractivity contribution in [1.82, 2.24) is 4.90 Å². The van der Waals surface area contributed by atoms with Gasteiger partial charge < -0.3 is 14.4 Å². The molecule has 2 aromatic rings. The number of piperidine rings is 1. The molecule has 6 nitrogen and oxygen atoms in total. The molecule has 1 amide bonds. The molecule has 1 fully saturated rings. The largest absolute Gasteiger partial charge is 0.449 e. The van der Waals surface area contributed by atoms with Crippen LogP contribution < -0.4 is 0 Å². The smallest absolute Gasteiger partial charge is 0.410 e. The third-order valence-corrected chi connectivity index (χ3v) is 4.10. The van der Waals surface area contributed by atoms with Gasteiger partial charge in [-0.3, -0.25) is 4.79 Å². The minimum Gasteiger partial charge on any atom is -0.449 e. The average Bonchev–Trinajstić information content (AvgIpc) is 2.69. The fourth-order valence-electron chi connectivity index (χ4n) is 2.65. The minimum absolute atomic E-state index is 0.00499.